The number of rotatable bonds is 7. The smallest absolute Gasteiger partial charge is 0.191 e. The summed E-state index contributed by atoms with van der Waals surface area (Å²) >= 11 is 5.83. The van der Waals surface area contributed by atoms with Gasteiger partial charge in [0, 0.05) is 36.8 Å². The maximum atomic E-state index is 5.87. The molecule has 0 aliphatic carbocycles. The average molecular weight is 403 g/mol. The Hall–Kier alpha value is -2.47. The van der Waals surface area contributed by atoms with Crippen LogP contribution in [-0.4, -0.2) is 37.2 Å². The number of nitrogens with one attached hydrogen (secondary N) is 2. The molecule has 0 fully saturated rings. The van der Waals surface area contributed by atoms with Crippen molar-refractivity contribution < 1.29 is 9.47 Å². The van der Waals surface area contributed by atoms with E-state index < -0.39 is 0 Å². The van der Waals surface area contributed by atoms with E-state index in [0.29, 0.717) is 11.7 Å². The third-order valence-electron chi connectivity index (χ3n) is 4.55. The SMILES string of the molecule is CCNC(=NCc1cc2c(cc1OC)CC(C)O2)NCCc1ccc(Cl)nc1. The number of hydrogen-bond acceptors (Lipinski definition) is 4. The lowest BCUT2D eigenvalue weighted by Crippen LogP contribution is -2.38. The first kappa shape index (κ1) is 20.3. The highest BCUT2D eigenvalue weighted by Crippen LogP contribution is 2.35. The number of aliphatic imine (C=N–C) groups is 1. The highest BCUT2D eigenvalue weighted by molar-refractivity contribution is 6.29. The van der Waals surface area contributed by atoms with Crippen LogP contribution in [0.1, 0.15) is 30.5 Å². The summed E-state index contributed by atoms with van der Waals surface area (Å²) in [5.41, 5.74) is 3.33. The minimum atomic E-state index is 0.208. The number of fused-ring (bicyclic) bond motifs is 1. The van der Waals surface area contributed by atoms with Gasteiger partial charge in [0.15, 0.2) is 5.96 Å². The summed E-state index contributed by atoms with van der Waals surface area (Å²) in [6.45, 7) is 6.17. The summed E-state index contributed by atoms with van der Waals surface area (Å²) in [6.07, 6.45) is 3.76. The summed E-state index contributed by atoms with van der Waals surface area (Å²) in [7, 11) is 1.69. The molecule has 150 valence electrons. The first-order valence-electron chi connectivity index (χ1n) is 9.58. The largest absolute Gasteiger partial charge is 0.496 e. The molecule has 1 aliphatic heterocycles. The van der Waals surface area contributed by atoms with Crippen LogP contribution < -0.4 is 20.1 Å². The van der Waals surface area contributed by atoms with Gasteiger partial charge in [-0.25, -0.2) is 9.98 Å². The molecule has 0 spiro atoms. The van der Waals surface area contributed by atoms with Crippen LogP contribution in [0, 0.1) is 0 Å². The highest BCUT2D eigenvalue weighted by atomic mass is 35.5. The van der Waals surface area contributed by atoms with Crippen LogP contribution in [0.3, 0.4) is 0 Å². The first-order chi connectivity index (χ1) is 13.6. The Bertz CT molecular complexity index is 824. The Morgan fingerprint density at radius 2 is 2.21 bits per heavy atom. The predicted molar refractivity (Wildman–Crippen MR) is 113 cm³/mol. The zero-order chi connectivity index (χ0) is 19.9. The van der Waals surface area contributed by atoms with Gasteiger partial charge in [0.05, 0.1) is 13.7 Å². The summed E-state index contributed by atoms with van der Waals surface area (Å²) in [6, 6.07) is 7.90. The number of methoxy groups -OCH3 is 1. The fraction of sp³-hybridized carbons (Fsp3) is 0.429. The fourth-order valence-corrected chi connectivity index (χ4v) is 3.29. The molecule has 1 atom stereocenters. The summed E-state index contributed by atoms with van der Waals surface area (Å²) < 4.78 is 11.4. The number of benzene rings is 1. The van der Waals surface area contributed by atoms with E-state index in [0.717, 1.165) is 54.5 Å². The van der Waals surface area contributed by atoms with Crippen molar-refractivity contribution in [3.05, 3.63) is 52.3 Å². The molecule has 2 heterocycles. The Balaban J connectivity index is 1.64. The van der Waals surface area contributed by atoms with Crippen LogP contribution >= 0.6 is 11.6 Å². The normalized spacial score (nSPS) is 15.7. The van der Waals surface area contributed by atoms with Crippen LogP contribution in [0.15, 0.2) is 35.5 Å². The number of ether oxygens (including phenoxy) is 2. The molecule has 3 rings (SSSR count). The lowest BCUT2D eigenvalue weighted by atomic mass is 10.1. The van der Waals surface area contributed by atoms with Gasteiger partial charge in [0.1, 0.15) is 22.8 Å². The minimum absolute atomic E-state index is 0.208. The Kier molecular flexibility index (Phi) is 6.98. The van der Waals surface area contributed by atoms with E-state index in [2.05, 4.69) is 28.6 Å². The molecule has 0 amide bonds. The number of guanidine groups is 1. The van der Waals surface area contributed by atoms with Gasteiger partial charge in [0.25, 0.3) is 0 Å². The van der Waals surface area contributed by atoms with Gasteiger partial charge >= 0.3 is 0 Å². The Labute approximate surface area is 171 Å². The molecule has 2 N–H and O–H groups in total. The van der Waals surface area contributed by atoms with Crippen molar-refractivity contribution >= 4 is 17.6 Å². The zero-order valence-electron chi connectivity index (χ0n) is 16.6. The Morgan fingerprint density at radius 1 is 1.36 bits per heavy atom. The van der Waals surface area contributed by atoms with Crippen molar-refractivity contribution in [1.29, 1.82) is 0 Å². The molecule has 0 saturated heterocycles. The molecular weight excluding hydrogens is 376 g/mol. The molecule has 1 aliphatic rings. The summed E-state index contributed by atoms with van der Waals surface area (Å²) in [5.74, 6) is 2.55. The maximum absolute atomic E-state index is 5.87. The number of halogens is 1. The molecule has 6 nitrogen and oxygen atoms in total. The quantitative estimate of drug-likeness (QED) is 0.422. The van der Waals surface area contributed by atoms with Gasteiger partial charge in [-0.15, -0.1) is 0 Å². The molecule has 0 radical (unpaired) electrons. The van der Waals surface area contributed by atoms with E-state index in [1.807, 2.05) is 19.1 Å². The van der Waals surface area contributed by atoms with Gasteiger partial charge < -0.3 is 20.1 Å². The zero-order valence-corrected chi connectivity index (χ0v) is 17.3. The summed E-state index contributed by atoms with van der Waals surface area (Å²) in [4.78, 5) is 8.81. The lowest BCUT2D eigenvalue weighted by Gasteiger charge is -2.13. The molecule has 1 aromatic carbocycles. The molecule has 0 bridgehead atoms. The van der Waals surface area contributed by atoms with E-state index in [4.69, 9.17) is 26.1 Å². The van der Waals surface area contributed by atoms with Crippen LogP contribution in [0.25, 0.3) is 0 Å². The van der Waals surface area contributed by atoms with Crippen molar-refractivity contribution in [3.8, 4) is 11.5 Å². The van der Waals surface area contributed by atoms with Gasteiger partial charge in [-0.3, -0.25) is 0 Å². The van der Waals surface area contributed by atoms with Crippen molar-refractivity contribution in [2.45, 2.75) is 39.3 Å². The van der Waals surface area contributed by atoms with E-state index in [1.54, 1.807) is 19.4 Å². The first-order valence-corrected chi connectivity index (χ1v) is 9.96. The second-order valence-corrected chi connectivity index (χ2v) is 7.15. The monoisotopic (exact) mass is 402 g/mol. The third kappa shape index (κ3) is 5.29. The number of pyridine rings is 1. The second-order valence-electron chi connectivity index (χ2n) is 6.77. The van der Waals surface area contributed by atoms with Gasteiger partial charge in [-0.05, 0) is 44.0 Å². The fourth-order valence-electron chi connectivity index (χ4n) is 3.18. The van der Waals surface area contributed by atoms with Crippen molar-refractivity contribution in [2.75, 3.05) is 20.2 Å². The average Bonchev–Trinajstić information content (AvgIpc) is 3.05. The van der Waals surface area contributed by atoms with Gasteiger partial charge in [0.2, 0.25) is 0 Å². The molecule has 28 heavy (non-hydrogen) atoms. The van der Waals surface area contributed by atoms with Gasteiger partial charge in [-0.1, -0.05) is 17.7 Å². The van der Waals surface area contributed by atoms with Crippen LogP contribution in [0.2, 0.25) is 5.15 Å². The molecule has 1 unspecified atom stereocenters. The number of nitrogens with zero attached hydrogens (tertiary/aromatic N) is 2. The predicted octanol–water partition coefficient (Wildman–Crippen LogP) is 3.36. The second kappa shape index (κ2) is 9.64. The van der Waals surface area contributed by atoms with Crippen LogP contribution in [-0.2, 0) is 19.4 Å². The standard InChI is InChI=1S/C21H27ClN4O2/c1-4-23-21(24-8-7-15-5-6-20(22)25-12-15)26-13-17-11-19-16(9-14(2)28-19)10-18(17)27-3/h5-6,10-12,14H,4,7-9,13H2,1-3H3,(H2,23,24,26). The van der Waals surface area contributed by atoms with Crippen LogP contribution in [0.5, 0.6) is 11.5 Å². The summed E-state index contributed by atoms with van der Waals surface area (Å²) in [5, 5.41) is 7.14. The Morgan fingerprint density at radius 3 is 2.93 bits per heavy atom. The van der Waals surface area contributed by atoms with Crippen LogP contribution in [0.4, 0.5) is 0 Å². The van der Waals surface area contributed by atoms with Crippen molar-refractivity contribution in [1.82, 2.24) is 15.6 Å². The number of hydrogen-bond donors (Lipinski definition) is 2. The highest BCUT2D eigenvalue weighted by Gasteiger charge is 2.21. The van der Waals surface area contributed by atoms with Crippen molar-refractivity contribution in [2.24, 2.45) is 4.99 Å². The maximum Gasteiger partial charge on any atom is 0.191 e. The molecule has 0 saturated carbocycles. The van der Waals surface area contributed by atoms with E-state index in [9.17, 15) is 0 Å². The molecule has 2 aromatic rings. The van der Waals surface area contributed by atoms with Crippen molar-refractivity contribution in [3.63, 3.8) is 0 Å². The van der Waals surface area contributed by atoms with E-state index in [-0.39, 0.29) is 6.10 Å². The van der Waals surface area contributed by atoms with E-state index in [1.165, 1.54) is 5.56 Å². The topological polar surface area (TPSA) is 67.8 Å². The number of aromatic nitrogens is 1. The lowest BCUT2D eigenvalue weighted by molar-refractivity contribution is 0.254. The molecular formula is C21H27ClN4O2. The third-order valence-corrected chi connectivity index (χ3v) is 4.77. The minimum Gasteiger partial charge on any atom is -0.496 e. The molecule has 1 aromatic heterocycles. The van der Waals surface area contributed by atoms with Gasteiger partial charge in [-0.2, -0.15) is 0 Å². The van der Waals surface area contributed by atoms with E-state index >= 15 is 0 Å². The molecule has 7 heteroatoms.